The van der Waals surface area contributed by atoms with Crippen LogP contribution >= 0.6 is 11.6 Å². The number of aromatic nitrogens is 6. The molecule has 154 valence electrons. The quantitative estimate of drug-likeness (QED) is 0.428. The molecule has 0 saturated carbocycles. The highest BCUT2D eigenvalue weighted by Crippen LogP contribution is 2.28. The van der Waals surface area contributed by atoms with E-state index in [4.69, 9.17) is 11.6 Å². The molecule has 0 amide bonds. The van der Waals surface area contributed by atoms with Gasteiger partial charge in [0.25, 0.3) is 5.56 Å². The van der Waals surface area contributed by atoms with Crippen molar-refractivity contribution in [2.45, 2.75) is 19.9 Å². The first-order valence-corrected chi connectivity index (χ1v) is 10.1. The zero-order valence-corrected chi connectivity index (χ0v) is 17.2. The summed E-state index contributed by atoms with van der Waals surface area (Å²) < 4.78 is 16.4. The summed E-state index contributed by atoms with van der Waals surface area (Å²) in [6.07, 6.45) is 2.11. The summed E-state index contributed by atoms with van der Waals surface area (Å²) in [6.45, 7) is 2.30. The van der Waals surface area contributed by atoms with Crippen LogP contribution in [0.5, 0.6) is 0 Å². The summed E-state index contributed by atoms with van der Waals surface area (Å²) in [5.41, 5.74) is 3.81. The highest BCUT2D eigenvalue weighted by atomic mass is 35.5. The van der Waals surface area contributed by atoms with E-state index in [0.717, 1.165) is 22.4 Å². The largest absolute Gasteiger partial charge is 0.293 e. The predicted octanol–water partition coefficient (Wildman–Crippen LogP) is 3.90. The van der Waals surface area contributed by atoms with Gasteiger partial charge in [-0.1, -0.05) is 42.8 Å². The third kappa shape index (κ3) is 3.34. The van der Waals surface area contributed by atoms with Crippen LogP contribution in [0.15, 0.2) is 59.7 Å². The van der Waals surface area contributed by atoms with E-state index in [1.54, 1.807) is 24.3 Å². The van der Waals surface area contributed by atoms with Crippen LogP contribution in [-0.2, 0) is 13.0 Å². The molecule has 0 bridgehead atoms. The lowest BCUT2D eigenvalue weighted by Crippen LogP contribution is -2.23. The van der Waals surface area contributed by atoms with Crippen molar-refractivity contribution in [1.29, 1.82) is 0 Å². The van der Waals surface area contributed by atoms with Crippen molar-refractivity contribution in [3.63, 3.8) is 0 Å². The van der Waals surface area contributed by atoms with E-state index in [0.29, 0.717) is 29.3 Å². The number of fused-ring (bicyclic) bond motifs is 3. The highest BCUT2D eigenvalue weighted by molar-refractivity contribution is 6.30. The molecular weight excluding hydrogens is 419 g/mol. The van der Waals surface area contributed by atoms with Gasteiger partial charge in [-0.25, -0.2) is 9.37 Å². The molecule has 0 unspecified atom stereocenters. The van der Waals surface area contributed by atoms with E-state index < -0.39 is 0 Å². The maximum Gasteiger partial charge on any atom is 0.283 e. The molecular formula is C22H16ClFN6O. The third-order valence-electron chi connectivity index (χ3n) is 5.11. The Labute approximate surface area is 180 Å². The van der Waals surface area contributed by atoms with Gasteiger partial charge in [-0.2, -0.15) is 9.61 Å². The first-order valence-electron chi connectivity index (χ1n) is 9.69. The van der Waals surface area contributed by atoms with Crippen molar-refractivity contribution in [2.75, 3.05) is 0 Å². The molecule has 0 fully saturated rings. The zero-order valence-electron chi connectivity index (χ0n) is 16.5. The lowest BCUT2D eigenvalue weighted by molar-refractivity contribution is 0.628. The van der Waals surface area contributed by atoms with Crippen LogP contribution in [0.2, 0.25) is 5.02 Å². The number of nitrogens with zero attached hydrogens (tertiary/aromatic N) is 6. The van der Waals surface area contributed by atoms with Crippen molar-refractivity contribution >= 4 is 28.4 Å². The van der Waals surface area contributed by atoms with Crippen molar-refractivity contribution in [3.8, 4) is 11.1 Å². The van der Waals surface area contributed by atoms with Crippen molar-refractivity contribution in [1.82, 2.24) is 29.4 Å². The number of halogens is 2. The first kappa shape index (κ1) is 19.3. The Hall–Kier alpha value is -3.65. The number of aryl methyl sites for hydroxylation is 1. The standard InChI is InChI=1S/C22H16ClFN6O/c1-2-17-18(14-5-9-16(24)10-6-14)20-27-26-19-21(30(20)28-17)25-12-29(22(19)31)11-13-3-7-15(23)8-4-13/h3-10,12H,2,11H2,1H3. The zero-order chi connectivity index (χ0) is 21.5. The topological polar surface area (TPSA) is 78.0 Å². The Morgan fingerprint density at radius 1 is 1.00 bits per heavy atom. The molecule has 3 heterocycles. The number of hydrogen-bond acceptors (Lipinski definition) is 5. The van der Waals surface area contributed by atoms with E-state index in [9.17, 15) is 9.18 Å². The second-order valence-electron chi connectivity index (χ2n) is 7.09. The van der Waals surface area contributed by atoms with Gasteiger partial charge >= 0.3 is 0 Å². The van der Waals surface area contributed by atoms with Crippen LogP contribution < -0.4 is 5.56 Å². The number of benzene rings is 2. The number of hydrogen-bond donors (Lipinski definition) is 0. The molecule has 3 aromatic heterocycles. The Morgan fingerprint density at radius 2 is 1.74 bits per heavy atom. The van der Waals surface area contributed by atoms with Crippen molar-refractivity contribution < 1.29 is 4.39 Å². The summed E-state index contributed by atoms with van der Waals surface area (Å²) in [4.78, 5) is 17.5. The number of rotatable bonds is 4. The lowest BCUT2D eigenvalue weighted by atomic mass is 10.0. The fourth-order valence-electron chi connectivity index (χ4n) is 3.56. The maximum atomic E-state index is 13.4. The van der Waals surface area contributed by atoms with Gasteiger partial charge in [0.05, 0.1) is 17.8 Å². The minimum Gasteiger partial charge on any atom is -0.293 e. The van der Waals surface area contributed by atoms with Crippen LogP contribution in [0.25, 0.3) is 27.9 Å². The summed E-state index contributed by atoms with van der Waals surface area (Å²) in [7, 11) is 0. The molecule has 2 aromatic carbocycles. The lowest BCUT2D eigenvalue weighted by Gasteiger charge is -2.07. The van der Waals surface area contributed by atoms with Crippen LogP contribution in [0.1, 0.15) is 18.2 Å². The van der Waals surface area contributed by atoms with Crippen LogP contribution in [0, 0.1) is 5.82 Å². The molecule has 0 aliphatic carbocycles. The molecule has 0 N–H and O–H groups in total. The molecule has 0 aliphatic rings. The Balaban J connectivity index is 1.67. The smallest absolute Gasteiger partial charge is 0.283 e. The summed E-state index contributed by atoms with van der Waals surface area (Å²) in [6, 6.07) is 13.4. The van der Waals surface area contributed by atoms with Gasteiger partial charge in [0.2, 0.25) is 0 Å². The minimum absolute atomic E-state index is 0.125. The fourth-order valence-corrected chi connectivity index (χ4v) is 3.69. The van der Waals surface area contributed by atoms with Gasteiger partial charge < -0.3 is 0 Å². The Kier molecular flexibility index (Phi) is 4.71. The van der Waals surface area contributed by atoms with Crippen LogP contribution in [0.3, 0.4) is 0 Å². The van der Waals surface area contributed by atoms with Crippen molar-refractivity contribution in [3.05, 3.63) is 87.3 Å². The van der Waals surface area contributed by atoms with E-state index >= 15 is 0 Å². The highest BCUT2D eigenvalue weighted by Gasteiger charge is 2.19. The molecule has 5 rings (SSSR count). The SMILES string of the molecule is CCc1nn2c(nnc3c(=O)n(Cc4ccc(Cl)cc4)cnc32)c1-c1ccc(F)cc1. The van der Waals surface area contributed by atoms with Gasteiger partial charge in [-0.05, 0) is 41.8 Å². The van der Waals surface area contributed by atoms with E-state index in [1.165, 1.54) is 27.5 Å². The van der Waals surface area contributed by atoms with Crippen LogP contribution in [-0.4, -0.2) is 29.4 Å². The molecule has 0 spiro atoms. The van der Waals surface area contributed by atoms with Gasteiger partial charge in [0, 0.05) is 5.02 Å². The molecule has 31 heavy (non-hydrogen) atoms. The average Bonchev–Trinajstić information content (AvgIpc) is 3.17. The summed E-state index contributed by atoms with van der Waals surface area (Å²) in [5.74, 6) is -0.322. The second-order valence-corrected chi connectivity index (χ2v) is 7.53. The third-order valence-corrected chi connectivity index (χ3v) is 5.36. The average molecular weight is 435 g/mol. The van der Waals surface area contributed by atoms with Gasteiger partial charge in [-0.3, -0.25) is 9.36 Å². The second kappa shape index (κ2) is 7.55. The summed E-state index contributed by atoms with van der Waals surface area (Å²) >= 11 is 5.93. The molecule has 5 aromatic rings. The van der Waals surface area contributed by atoms with Crippen LogP contribution in [0.4, 0.5) is 4.39 Å². The van der Waals surface area contributed by atoms with E-state index in [1.807, 2.05) is 19.1 Å². The molecule has 9 heteroatoms. The maximum absolute atomic E-state index is 13.4. The van der Waals surface area contributed by atoms with E-state index in [-0.39, 0.29) is 16.9 Å². The normalized spacial score (nSPS) is 11.5. The molecule has 0 atom stereocenters. The fraction of sp³-hybridized carbons (Fsp3) is 0.136. The first-order chi connectivity index (χ1) is 15.0. The van der Waals surface area contributed by atoms with Gasteiger partial charge in [0.15, 0.2) is 16.8 Å². The Morgan fingerprint density at radius 3 is 2.45 bits per heavy atom. The molecule has 0 radical (unpaired) electrons. The Bertz CT molecular complexity index is 1480. The monoisotopic (exact) mass is 434 g/mol. The van der Waals surface area contributed by atoms with Gasteiger partial charge in [0.1, 0.15) is 12.1 Å². The van der Waals surface area contributed by atoms with Gasteiger partial charge in [-0.15, -0.1) is 10.2 Å². The molecule has 0 aliphatic heterocycles. The molecule has 7 nitrogen and oxygen atoms in total. The predicted molar refractivity (Wildman–Crippen MR) is 116 cm³/mol. The van der Waals surface area contributed by atoms with E-state index in [2.05, 4.69) is 20.3 Å². The summed E-state index contributed by atoms with van der Waals surface area (Å²) in [5, 5.41) is 13.7. The van der Waals surface area contributed by atoms with Crippen molar-refractivity contribution in [2.24, 2.45) is 0 Å². The molecule has 0 saturated heterocycles. The minimum atomic E-state index is -0.322.